The molecule has 0 radical (unpaired) electrons. The normalized spacial score (nSPS) is 26.8. The van der Waals surface area contributed by atoms with Crippen LogP contribution in [-0.4, -0.2) is 29.2 Å². The monoisotopic (exact) mass is 486 g/mol. The molecule has 2 aromatic rings. The summed E-state index contributed by atoms with van der Waals surface area (Å²) >= 11 is 0. The summed E-state index contributed by atoms with van der Waals surface area (Å²) in [5.41, 5.74) is 8.30. The third kappa shape index (κ3) is 5.80. The molecule has 4 aliphatic carbocycles. The van der Waals surface area contributed by atoms with E-state index in [4.69, 9.17) is 11.1 Å². The first-order valence-corrected chi connectivity index (χ1v) is 13.5. The standard InChI is InChI=1S/C30H38N4O2/c31-28(32)25-10-4-9-21(15-25)16-26(27(35)11-5-8-20-6-2-1-3-7-20)33-29(36)34-30-17-22-12-23(18-30)14-24(13-22)19-30/h1-4,6-7,9-10,15,22-24,26H,5,8,11-14,16-19H2,(H3,31,32)(H2,33,34,36). The van der Waals surface area contributed by atoms with Crippen LogP contribution in [0.15, 0.2) is 54.6 Å². The summed E-state index contributed by atoms with van der Waals surface area (Å²) in [6.45, 7) is 0. The molecule has 2 amide bonds. The van der Waals surface area contributed by atoms with Gasteiger partial charge in [0.05, 0.1) is 6.04 Å². The first-order valence-electron chi connectivity index (χ1n) is 13.5. The van der Waals surface area contributed by atoms with Crippen LogP contribution in [0.3, 0.4) is 0 Å². The number of carbonyl (C=O) groups is 2. The Balaban J connectivity index is 1.25. The molecule has 1 unspecified atom stereocenters. The number of nitrogen functional groups attached to an aromatic ring is 1. The minimum absolute atomic E-state index is 0.00453. The van der Waals surface area contributed by atoms with Crippen molar-refractivity contribution >= 4 is 17.6 Å². The highest BCUT2D eigenvalue weighted by Crippen LogP contribution is 2.55. The van der Waals surface area contributed by atoms with Gasteiger partial charge in [0.1, 0.15) is 5.84 Å². The highest BCUT2D eigenvalue weighted by atomic mass is 16.2. The molecule has 2 aromatic carbocycles. The summed E-state index contributed by atoms with van der Waals surface area (Å²) in [5, 5.41) is 14.1. The molecule has 5 N–H and O–H groups in total. The van der Waals surface area contributed by atoms with Crippen molar-refractivity contribution in [3.63, 3.8) is 0 Å². The Hall–Kier alpha value is -3.15. The molecule has 1 atom stereocenters. The molecule has 4 aliphatic rings. The third-order valence-corrected chi connectivity index (χ3v) is 8.52. The van der Waals surface area contributed by atoms with Crippen LogP contribution in [0.4, 0.5) is 4.79 Å². The van der Waals surface area contributed by atoms with Crippen LogP contribution in [0.5, 0.6) is 0 Å². The molecule has 4 bridgehead atoms. The number of urea groups is 1. The van der Waals surface area contributed by atoms with Gasteiger partial charge < -0.3 is 16.4 Å². The molecular formula is C30H38N4O2. The van der Waals surface area contributed by atoms with Crippen LogP contribution in [-0.2, 0) is 17.6 Å². The van der Waals surface area contributed by atoms with E-state index in [1.54, 1.807) is 6.07 Å². The first kappa shape index (κ1) is 24.5. The number of hydrogen-bond acceptors (Lipinski definition) is 3. The summed E-state index contributed by atoms with van der Waals surface area (Å²) < 4.78 is 0. The molecule has 6 nitrogen and oxygen atoms in total. The molecule has 0 aliphatic heterocycles. The van der Waals surface area contributed by atoms with Crippen LogP contribution < -0.4 is 16.4 Å². The smallest absolute Gasteiger partial charge is 0.315 e. The van der Waals surface area contributed by atoms with Crippen molar-refractivity contribution in [3.05, 3.63) is 71.3 Å². The Morgan fingerprint density at radius 2 is 1.58 bits per heavy atom. The van der Waals surface area contributed by atoms with Gasteiger partial charge in [-0.15, -0.1) is 0 Å². The number of nitrogens with one attached hydrogen (secondary N) is 3. The lowest BCUT2D eigenvalue weighted by atomic mass is 9.53. The van der Waals surface area contributed by atoms with E-state index in [1.807, 2.05) is 36.4 Å². The van der Waals surface area contributed by atoms with Crippen molar-refractivity contribution in [3.8, 4) is 0 Å². The molecule has 0 saturated heterocycles. The minimum atomic E-state index is -0.614. The summed E-state index contributed by atoms with van der Waals surface area (Å²) in [7, 11) is 0. The predicted octanol–water partition coefficient (Wildman–Crippen LogP) is 4.74. The highest BCUT2D eigenvalue weighted by molar-refractivity contribution is 5.95. The van der Waals surface area contributed by atoms with Gasteiger partial charge in [-0.05, 0) is 92.7 Å². The Bertz CT molecular complexity index is 1080. The predicted molar refractivity (Wildman–Crippen MR) is 142 cm³/mol. The van der Waals surface area contributed by atoms with Crippen molar-refractivity contribution in [2.24, 2.45) is 23.5 Å². The maximum Gasteiger partial charge on any atom is 0.315 e. The Kier molecular flexibility index (Phi) is 7.13. The van der Waals surface area contributed by atoms with Crippen LogP contribution in [0.1, 0.15) is 68.1 Å². The molecule has 0 heterocycles. The van der Waals surface area contributed by atoms with Crippen LogP contribution in [0.25, 0.3) is 0 Å². The topological polar surface area (TPSA) is 108 Å². The number of benzene rings is 2. The highest BCUT2D eigenvalue weighted by Gasteiger charge is 2.51. The van der Waals surface area contributed by atoms with Gasteiger partial charge in [0.25, 0.3) is 0 Å². The summed E-state index contributed by atoms with van der Waals surface area (Å²) in [4.78, 5) is 26.6. The number of nitrogens with two attached hydrogens (primary N) is 1. The second-order valence-corrected chi connectivity index (χ2v) is 11.5. The van der Waals surface area contributed by atoms with E-state index in [2.05, 4.69) is 22.8 Å². The second-order valence-electron chi connectivity index (χ2n) is 11.5. The van der Waals surface area contributed by atoms with E-state index in [-0.39, 0.29) is 23.2 Å². The average Bonchev–Trinajstić information content (AvgIpc) is 2.83. The van der Waals surface area contributed by atoms with Gasteiger partial charge in [-0.3, -0.25) is 10.2 Å². The maximum absolute atomic E-state index is 13.3. The van der Waals surface area contributed by atoms with E-state index in [0.717, 1.165) is 55.4 Å². The summed E-state index contributed by atoms with van der Waals surface area (Å²) in [5.74, 6) is 2.25. The van der Waals surface area contributed by atoms with Crippen molar-refractivity contribution in [2.75, 3.05) is 0 Å². The van der Waals surface area contributed by atoms with Crippen molar-refractivity contribution in [2.45, 2.75) is 75.8 Å². The molecule has 36 heavy (non-hydrogen) atoms. The molecule has 6 heteroatoms. The molecule has 6 rings (SSSR count). The second kappa shape index (κ2) is 10.5. The average molecular weight is 487 g/mol. The van der Waals surface area contributed by atoms with Gasteiger partial charge in [-0.25, -0.2) is 4.79 Å². The number of amidine groups is 1. The van der Waals surface area contributed by atoms with Crippen molar-refractivity contribution < 1.29 is 9.59 Å². The zero-order valence-corrected chi connectivity index (χ0v) is 21.0. The van der Waals surface area contributed by atoms with E-state index in [0.29, 0.717) is 18.4 Å². The first-order chi connectivity index (χ1) is 17.4. The number of Topliss-reactive ketones (excluding diaryl/α,β-unsaturated/α-hetero) is 1. The van der Waals surface area contributed by atoms with E-state index in [9.17, 15) is 9.59 Å². The number of rotatable bonds is 10. The number of carbonyl (C=O) groups excluding carboxylic acids is 2. The Morgan fingerprint density at radius 3 is 2.22 bits per heavy atom. The molecule has 0 spiro atoms. The zero-order chi connectivity index (χ0) is 25.1. The van der Waals surface area contributed by atoms with Gasteiger partial charge >= 0.3 is 6.03 Å². The number of amides is 2. The lowest BCUT2D eigenvalue weighted by Gasteiger charge is -2.56. The minimum Gasteiger partial charge on any atom is -0.384 e. The van der Waals surface area contributed by atoms with Crippen molar-refractivity contribution in [1.82, 2.24) is 10.6 Å². The molecule has 190 valence electrons. The fraction of sp³-hybridized carbons (Fsp3) is 0.500. The van der Waals surface area contributed by atoms with Gasteiger partial charge in [-0.2, -0.15) is 0 Å². The number of ketones is 1. The lowest BCUT2D eigenvalue weighted by Crippen LogP contribution is -2.62. The quantitative estimate of drug-likeness (QED) is 0.288. The summed E-state index contributed by atoms with van der Waals surface area (Å²) in [6.07, 6.45) is 9.54. The van der Waals surface area contributed by atoms with Gasteiger partial charge in [-0.1, -0.05) is 48.5 Å². The maximum atomic E-state index is 13.3. The van der Waals surface area contributed by atoms with Crippen LogP contribution >= 0.6 is 0 Å². The van der Waals surface area contributed by atoms with Crippen LogP contribution in [0, 0.1) is 23.2 Å². The molecular weight excluding hydrogens is 448 g/mol. The fourth-order valence-electron chi connectivity index (χ4n) is 7.33. The lowest BCUT2D eigenvalue weighted by molar-refractivity contribution is -0.121. The zero-order valence-electron chi connectivity index (χ0n) is 21.0. The van der Waals surface area contributed by atoms with Gasteiger partial charge in [0.2, 0.25) is 0 Å². The van der Waals surface area contributed by atoms with Crippen molar-refractivity contribution in [1.29, 1.82) is 5.41 Å². The fourth-order valence-corrected chi connectivity index (χ4v) is 7.33. The number of hydrogen-bond donors (Lipinski definition) is 4. The molecule has 4 fully saturated rings. The Labute approximate surface area is 213 Å². The molecule has 0 aromatic heterocycles. The van der Waals surface area contributed by atoms with Gasteiger partial charge in [0, 0.05) is 17.5 Å². The molecule has 4 saturated carbocycles. The van der Waals surface area contributed by atoms with E-state index < -0.39 is 6.04 Å². The summed E-state index contributed by atoms with van der Waals surface area (Å²) in [6, 6.07) is 16.7. The number of aryl methyl sites for hydroxylation is 1. The Morgan fingerprint density at radius 1 is 0.944 bits per heavy atom. The largest absolute Gasteiger partial charge is 0.384 e. The van der Waals surface area contributed by atoms with Crippen LogP contribution in [0.2, 0.25) is 0 Å². The van der Waals surface area contributed by atoms with E-state index in [1.165, 1.54) is 24.8 Å². The van der Waals surface area contributed by atoms with Gasteiger partial charge in [0.15, 0.2) is 5.78 Å². The SMILES string of the molecule is N=C(N)c1cccc(CC(NC(=O)NC23CC4CC(CC(C4)C2)C3)C(=O)CCCc2ccccc2)c1. The van der Waals surface area contributed by atoms with E-state index >= 15 is 0 Å². The third-order valence-electron chi connectivity index (χ3n) is 8.52.